The first kappa shape index (κ1) is 11.6. The molecule has 0 fully saturated rings. The van der Waals surface area contributed by atoms with Crippen LogP contribution in [0.4, 0.5) is 0 Å². The Morgan fingerprint density at radius 2 is 2.33 bits per heavy atom. The van der Waals surface area contributed by atoms with E-state index in [1.54, 1.807) is 11.9 Å². The zero-order valence-corrected chi connectivity index (χ0v) is 8.92. The molecule has 1 N–H and O–H groups in total. The maximum absolute atomic E-state index is 11.7. The zero-order valence-electron chi connectivity index (χ0n) is 8.92. The van der Waals surface area contributed by atoms with E-state index in [9.17, 15) is 4.79 Å². The molecule has 1 aromatic rings. The quantitative estimate of drug-likeness (QED) is 0.650. The summed E-state index contributed by atoms with van der Waals surface area (Å²) in [5, 5.41) is 19.6. The molecule has 1 aromatic heterocycles. The number of aryl methyl sites for hydroxylation is 1. The number of rotatable bonds is 5. The van der Waals surface area contributed by atoms with Crippen molar-refractivity contribution in [2.45, 2.75) is 13.3 Å². The minimum Gasteiger partial charge on any atom is -0.395 e. The van der Waals surface area contributed by atoms with E-state index < -0.39 is 0 Å². The summed E-state index contributed by atoms with van der Waals surface area (Å²) >= 11 is 0. The number of aromatic nitrogens is 4. The third-order valence-electron chi connectivity index (χ3n) is 2.12. The van der Waals surface area contributed by atoms with Gasteiger partial charge in [0, 0.05) is 20.1 Å². The van der Waals surface area contributed by atoms with Gasteiger partial charge in [-0.2, -0.15) is 0 Å². The number of aliphatic hydroxyl groups excluding tert-OH is 1. The summed E-state index contributed by atoms with van der Waals surface area (Å²) in [5.74, 6) is 0.445. The van der Waals surface area contributed by atoms with Gasteiger partial charge in [0.25, 0.3) is 0 Å². The Labute approximate surface area is 87.7 Å². The highest BCUT2D eigenvalue weighted by Gasteiger charge is 2.14. The van der Waals surface area contributed by atoms with E-state index >= 15 is 0 Å². The van der Waals surface area contributed by atoms with Crippen molar-refractivity contribution < 1.29 is 9.90 Å². The number of amides is 1. The van der Waals surface area contributed by atoms with Crippen molar-refractivity contribution in [3.63, 3.8) is 0 Å². The maximum atomic E-state index is 11.7. The molecule has 1 heterocycles. The second-order valence-electron chi connectivity index (χ2n) is 3.09. The molecular formula is C8H15N5O2. The maximum Gasteiger partial charge on any atom is 0.230 e. The summed E-state index contributed by atoms with van der Waals surface area (Å²) in [7, 11) is 1.69. The van der Waals surface area contributed by atoms with Crippen LogP contribution in [0.15, 0.2) is 0 Å². The molecule has 1 rings (SSSR count). The zero-order chi connectivity index (χ0) is 11.3. The fourth-order valence-electron chi connectivity index (χ4n) is 1.22. The van der Waals surface area contributed by atoms with Crippen LogP contribution in [0.2, 0.25) is 0 Å². The van der Waals surface area contributed by atoms with Gasteiger partial charge >= 0.3 is 0 Å². The highest BCUT2D eigenvalue weighted by Crippen LogP contribution is 1.97. The van der Waals surface area contributed by atoms with Gasteiger partial charge in [0.2, 0.25) is 5.91 Å². The van der Waals surface area contributed by atoms with E-state index in [2.05, 4.69) is 15.5 Å². The Morgan fingerprint density at radius 1 is 1.60 bits per heavy atom. The van der Waals surface area contributed by atoms with Crippen LogP contribution in [0.5, 0.6) is 0 Å². The predicted molar refractivity (Wildman–Crippen MR) is 51.8 cm³/mol. The van der Waals surface area contributed by atoms with E-state index in [4.69, 9.17) is 5.11 Å². The molecule has 0 spiro atoms. The lowest BCUT2D eigenvalue weighted by atomic mass is 10.3. The molecule has 0 aliphatic carbocycles. The molecule has 0 atom stereocenters. The number of likely N-dealkylation sites (N-methyl/N-ethyl adjacent to an activating group) is 1. The van der Waals surface area contributed by atoms with Crippen molar-refractivity contribution in [2.24, 2.45) is 7.05 Å². The molecule has 0 saturated carbocycles. The van der Waals surface area contributed by atoms with Gasteiger partial charge in [0.15, 0.2) is 5.82 Å². The van der Waals surface area contributed by atoms with Crippen LogP contribution in [-0.2, 0) is 18.3 Å². The molecule has 0 bridgehead atoms. The largest absolute Gasteiger partial charge is 0.395 e. The van der Waals surface area contributed by atoms with E-state index in [-0.39, 0.29) is 18.9 Å². The average molecular weight is 213 g/mol. The molecule has 15 heavy (non-hydrogen) atoms. The van der Waals surface area contributed by atoms with Crippen LogP contribution < -0.4 is 0 Å². The van der Waals surface area contributed by atoms with Gasteiger partial charge in [-0.3, -0.25) is 4.79 Å². The number of hydrogen-bond acceptors (Lipinski definition) is 5. The van der Waals surface area contributed by atoms with Crippen LogP contribution in [0.25, 0.3) is 0 Å². The minimum absolute atomic E-state index is 0.0311. The molecule has 7 heteroatoms. The number of nitrogens with zero attached hydrogens (tertiary/aromatic N) is 5. The van der Waals surface area contributed by atoms with Gasteiger partial charge < -0.3 is 10.0 Å². The molecule has 84 valence electrons. The summed E-state index contributed by atoms with van der Waals surface area (Å²) in [4.78, 5) is 13.3. The van der Waals surface area contributed by atoms with Crippen molar-refractivity contribution in [1.29, 1.82) is 0 Å². The van der Waals surface area contributed by atoms with Crippen molar-refractivity contribution in [1.82, 2.24) is 25.1 Å². The Morgan fingerprint density at radius 3 is 2.80 bits per heavy atom. The number of carbonyl (C=O) groups is 1. The highest BCUT2D eigenvalue weighted by molar-refractivity contribution is 5.77. The Bertz CT molecular complexity index is 325. The average Bonchev–Trinajstić information content (AvgIpc) is 2.60. The van der Waals surface area contributed by atoms with E-state index in [1.165, 1.54) is 4.68 Å². The SMILES string of the molecule is CCN(CCO)C(=O)Cc1nnnn1C. The van der Waals surface area contributed by atoms with Gasteiger partial charge in [0.1, 0.15) is 0 Å². The van der Waals surface area contributed by atoms with E-state index in [1.807, 2.05) is 6.92 Å². The van der Waals surface area contributed by atoms with Crippen molar-refractivity contribution >= 4 is 5.91 Å². The van der Waals surface area contributed by atoms with Crippen LogP contribution >= 0.6 is 0 Å². The highest BCUT2D eigenvalue weighted by atomic mass is 16.3. The van der Waals surface area contributed by atoms with Gasteiger partial charge in [-0.05, 0) is 17.4 Å². The lowest BCUT2D eigenvalue weighted by Crippen LogP contribution is -2.35. The minimum atomic E-state index is -0.0792. The number of aliphatic hydroxyl groups is 1. The lowest BCUT2D eigenvalue weighted by Gasteiger charge is -2.18. The van der Waals surface area contributed by atoms with Crippen LogP contribution in [-0.4, -0.2) is 55.8 Å². The fourth-order valence-corrected chi connectivity index (χ4v) is 1.22. The lowest BCUT2D eigenvalue weighted by molar-refractivity contribution is -0.130. The second-order valence-corrected chi connectivity index (χ2v) is 3.09. The first-order valence-electron chi connectivity index (χ1n) is 4.79. The molecule has 7 nitrogen and oxygen atoms in total. The monoisotopic (exact) mass is 213 g/mol. The second kappa shape index (κ2) is 5.40. The summed E-state index contributed by atoms with van der Waals surface area (Å²) in [5.41, 5.74) is 0. The molecule has 1 amide bonds. The van der Waals surface area contributed by atoms with Gasteiger partial charge in [-0.15, -0.1) is 5.10 Å². The number of tetrazole rings is 1. The molecule has 0 unspecified atom stereocenters. The Kier molecular flexibility index (Phi) is 4.17. The Hall–Kier alpha value is -1.50. The Balaban J connectivity index is 2.58. The predicted octanol–water partition coefficient (Wildman–Crippen LogP) is -1.41. The standard InChI is InChI=1S/C8H15N5O2/c1-3-13(4-5-14)8(15)6-7-9-10-11-12(7)2/h14H,3-6H2,1-2H3. The van der Waals surface area contributed by atoms with Gasteiger partial charge in [-0.25, -0.2) is 4.68 Å². The summed E-state index contributed by atoms with van der Waals surface area (Å²) in [6.45, 7) is 2.75. The van der Waals surface area contributed by atoms with Crippen LogP contribution in [0.3, 0.4) is 0 Å². The molecular weight excluding hydrogens is 198 g/mol. The van der Waals surface area contributed by atoms with Gasteiger partial charge in [-0.1, -0.05) is 0 Å². The number of hydrogen-bond donors (Lipinski definition) is 1. The third kappa shape index (κ3) is 2.98. The molecule has 0 aliphatic heterocycles. The summed E-state index contributed by atoms with van der Waals surface area (Å²) in [6, 6.07) is 0. The molecule has 0 saturated heterocycles. The van der Waals surface area contributed by atoms with E-state index in [0.29, 0.717) is 18.9 Å². The van der Waals surface area contributed by atoms with Crippen LogP contribution in [0.1, 0.15) is 12.7 Å². The van der Waals surface area contributed by atoms with Gasteiger partial charge in [0.05, 0.1) is 13.0 Å². The van der Waals surface area contributed by atoms with Crippen molar-refractivity contribution in [2.75, 3.05) is 19.7 Å². The molecule has 0 aromatic carbocycles. The van der Waals surface area contributed by atoms with E-state index in [0.717, 1.165) is 0 Å². The topological polar surface area (TPSA) is 84.1 Å². The van der Waals surface area contributed by atoms with Crippen LogP contribution in [0, 0.1) is 0 Å². The molecule has 0 radical (unpaired) electrons. The normalized spacial score (nSPS) is 10.3. The first-order chi connectivity index (χ1) is 7.19. The van der Waals surface area contributed by atoms with Crippen molar-refractivity contribution in [3.8, 4) is 0 Å². The third-order valence-corrected chi connectivity index (χ3v) is 2.12. The summed E-state index contributed by atoms with van der Waals surface area (Å²) < 4.78 is 1.46. The fraction of sp³-hybridized carbons (Fsp3) is 0.750. The number of carbonyl (C=O) groups excluding carboxylic acids is 1. The smallest absolute Gasteiger partial charge is 0.230 e. The first-order valence-corrected chi connectivity index (χ1v) is 4.79. The molecule has 0 aliphatic rings. The summed E-state index contributed by atoms with van der Waals surface area (Å²) in [6.07, 6.45) is 0.164. The van der Waals surface area contributed by atoms with Crippen molar-refractivity contribution in [3.05, 3.63) is 5.82 Å².